The first-order valence-electron chi connectivity index (χ1n) is 8.42. The molecule has 1 amide bonds. The first-order chi connectivity index (χ1) is 11.6. The Kier molecular flexibility index (Phi) is 5.23. The standard InChI is InChI=1S/C17H21ClN2O4/c18-14-10-13(20(22)23)7-8-16(14)24-11-17(21)19-9-3-5-12-4-1-2-6-15(12)19/h7-8,10,12,15H,1-6,9,11H2. The van der Waals surface area contributed by atoms with E-state index in [1.165, 1.54) is 43.9 Å². The Morgan fingerprint density at radius 1 is 1.29 bits per heavy atom. The lowest BCUT2D eigenvalue weighted by Crippen LogP contribution is -2.51. The Hall–Kier alpha value is -1.82. The Morgan fingerprint density at radius 2 is 2.04 bits per heavy atom. The fourth-order valence-electron chi connectivity index (χ4n) is 3.88. The number of carbonyl (C=O) groups excluding carboxylic acids is 1. The first-order valence-corrected chi connectivity index (χ1v) is 8.80. The summed E-state index contributed by atoms with van der Waals surface area (Å²) in [7, 11) is 0. The number of piperidine rings is 1. The van der Waals surface area contributed by atoms with Gasteiger partial charge < -0.3 is 9.64 Å². The Morgan fingerprint density at radius 3 is 2.79 bits per heavy atom. The van der Waals surface area contributed by atoms with E-state index in [0.29, 0.717) is 17.7 Å². The molecule has 1 aliphatic carbocycles. The maximum absolute atomic E-state index is 12.6. The number of likely N-dealkylation sites (tertiary alicyclic amines) is 1. The number of fused-ring (bicyclic) bond motifs is 1. The number of nitro groups is 1. The van der Waals surface area contributed by atoms with Gasteiger partial charge >= 0.3 is 0 Å². The van der Waals surface area contributed by atoms with Crippen molar-refractivity contribution in [1.29, 1.82) is 0 Å². The fraction of sp³-hybridized carbons (Fsp3) is 0.588. The second-order valence-electron chi connectivity index (χ2n) is 6.50. The summed E-state index contributed by atoms with van der Waals surface area (Å²) in [5, 5.41) is 10.9. The molecule has 1 heterocycles. The number of rotatable bonds is 4. The zero-order chi connectivity index (χ0) is 17.1. The molecular weight excluding hydrogens is 332 g/mol. The molecule has 3 rings (SSSR count). The molecule has 2 aliphatic rings. The Balaban J connectivity index is 1.61. The van der Waals surface area contributed by atoms with Crippen LogP contribution in [-0.2, 0) is 4.79 Å². The highest BCUT2D eigenvalue weighted by Crippen LogP contribution is 2.35. The van der Waals surface area contributed by atoms with Crippen LogP contribution in [0.25, 0.3) is 0 Å². The number of nitrogens with zero attached hydrogens (tertiary/aromatic N) is 2. The molecular formula is C17H21ClN2O4. The van der Waals surface area contributed by atoms with Crippen molar-refractivity contribution in [1.82, 2.24) is 4.90 Å². The van der Waals surface area contributed by atoms with E-state index >= 15 is 0 Å². The average molecular weight is 353 g/mol. The number of halogens is 1. The second-order valence-corrected chi connectivity index (χ2v) is 6.91. The number of ether oxygens (including phenoxy) is 1. The second kappa shape index (κ2) is 7.38. The molecule has 2 unspecified atom stereocenters. The molecule has 0 N–H and O–H groups in total. The van der Waals surface area contributed by atoms with E-state index in [0.717, 1.165) is 19.4 Å². The summed E-state index contributed by atoms with van der Waals surface area (Å²) in [5.74, 6) is 0.897. The van der Waals surface area contributed by atoms with Gasteiger partial charge in [-0.15, -0.1) is 0 Å². The number of hydrogen-bond acceptors (Lipinski definition) is 4. The lowest BCUT2D eigenvalue weighted by molar-refractivity contribution is -0.384. The monoisotopic (exact) mass is 352 g/mol. The summed E-state index contributed by atoms with van der Waals surface area (Å²) in [4.78, 5) is 24.7. The smallest absolute Gasteiger partial charge is 0.271 e. The van der Waals surface area contributed by atoms with E-state index < -0.39 is 4.92 Å². The molecule has 24 heavy (non-hydrogen) atoms. The van der Waals surface area contributed by atoms with Gasteiger partial charge in [-0.3, -0.25) is 14.9 Å². The van der Waals surface area contributed by atoms with Crippen molar-refractivity contribution in [3.63, 3.8) is 0 Å². The summed E-state index contributed by atoms with van der Waals surface area (Å²) < 4.78 is 5.52. The minimum absolute atomic E-state index is 0.0268. The normalized spacial score (nSPS) is 23.5. The van der Waals surface area contributed by atoms with Crippen molar-refractivity contribution >= 4 is 23.2 Å². The van der Waals surface area contributed by atoms with Crippen LogP contribution in [0.2, 0.25) is 5.02 Å². The molecule has 1 aliphatic heterocycles. The van der Waals surface area contributed by atoms with Gasteiger partial charge in [0.25, 0.3) is 11.6 Å². The van der Waals surface area contributed by atoms with E-state index in [9.17, 15) is 14.9 Å². The van der Waals surface area contributed by atoms with Crippen LogP contribution in [0.5, 0.6) is 5.75 Å². The highest BCUT2D eigenvalue weighted by atomic mass is 35.5. The van der Waals surface area contributed by atoms with Crippen LogP contribution in [0.1, 0.15) is 38.5 Å². The largest absolute Gasteiger partial charge is 0.482 e. The predicted octanol–water partition coefficient (Wildman–Crippen LogP) is 3.81. The number of non-ortho nitro benzene ring substituents is 1. The number of carbonyl (C=O) groups is 1. The zero-order valence-corrected chi connectivity index (χ0v) is 14.2. The van der Waals surface area contributed by atoms with Crippen LogP contribution in [0, 0.1) is 16.0 Å². The lowest BCUT2D eigenvalue weighted by Gasteiger charge is -2.44. The third kappa shape index (κ3) is 3.64. The zero-order valence-electron chi connectivity index (χ0n) is 13.4. The minimum atomic E-state index is -0.516. The van der Waals surface area contributed by atoms with Gasteiger partial charge in [-0.1, -0.05) is 24.4 Å². The average Bonchev–Trinajstić information content (AvgIpc) is 2.59. The van der Waals surface area contributed by atoms with Crippen molar-refractivity contribution < 1.29 is 14.5 Å². The fourth-order valence-corrected chi connectivity index (χ4v) is 4.11. The van der Waals surface area contributed by atoms with E-state index in [-0.39, 0.29) is 23.2 Å². The molecule has 0 bridgehead atoms. The van der Waals surface area contributed by atoms with Gasteiger partial charge in [0.05, 0.1) is 9.95 Å². The lowest BCUT2D eigenvalue weighted by atomic mass is 9.78. The van der Waals surface area contributed by atoms with Crippen LogP contribution in [0.4, 0.5) is 5.69 Å². The van der Waals surface area contributed by atoms with Crippen LogP contribution in [0.3, 0.4) is 0 Å². The third-order valence-electron chi connectivity index (χ3n) is 5.04. The van der Waals surface area contributed by atoms with E-state index in [4.69, 9.17) is 16.3 Å². The van der Waals surface area contributed by atoms with E-state index in [1.807, 2.05) is 4.90 Å². The molecule has 2 atom stereocenters. The molecule has 1 aromatic rings. The summed E-state index contributed by atoms with van der Waals surface area (Å²) >= 11 is 6.00. The Labute approximate surface area is 145 Å². The van der Waals surface area contributed by atoms with Crippen LogP contribution < -0.4 is 4.74 Å². The van der Waals surface area contributed by atoms with Gasteiger partial charge in [0.2, 0.25) is 0 Å². The first kappa shape index (κ1) is 17.0. The van der Waals surface area contributed by atoms with Gasteiger partial charge in [-0.05, 0) is 37.7 Å². The highest BCUT2D eigenvalue weighted by Gasteiger charge is 2.35. The molecule has 7 heteroatoms. The summed E-state index contributed by atoms with van der Waals surface area (Å²) in [6.45, 7) is 0.706. The van der Waals surface area contributed by atoms with Gasteiger partial charge in [0, 0.05) is 24.7 Å². The van der Waals surface area contributed by atoms with Crippen LogP contribution in [0.15, 0.2) is 18.2 Å². The summed E-state index contributed by atoms with van der Waals surface area (Å²) in [6.07, 6.45) is 6.99. The molecule has 6 nitrogen and oxygen atoms in total. The number of hydrogen-bond donors (Lipinski definition) is 0. The quantitative estimate of drug-likeness (QED) is 0.610. The molecule has 2 fully saturated rings. The molecule has 0 aromatic heterocycles. The number of benzene rings is 1. The van der Waals surface area contributed by atoms with Crippen molar-refractivity contribution in [3.05, 3.63) is 33.3 Å². The summed E-state index contributed by atoms with van der Waals surface area (Å²) in [6, 6.07) is 4.34. The van der Waals surface area contributed by atoms with Crippen LogP contribution in [-0.4, -0.2) is 34.9 Å². The SMILES string of the molecule is O=C(COc1ccc([N+](=O)[O-])cc1Cl)N1CCCC2CCCCC21. The van der Waals surface area contributed by atoms with E-state index in [2.05, 4.69) is 0 Å². The third-order valence-corrected chi connectivity index (χ3v) is 5.34. The number of nitro benzene ring substituents is 1. The highest BCUT2D eigenvalue weighted by molar-refractivity contribution is 6.32. The maximum Gasteiger partial charge on any atom is 0.271 e. The van der Waals surface area contributed by atoms with Gasteiger partial charge in [0.15, 0.2) is 6.61 Å². The molecule has 1 aromatic carbocycles. The van der Waals surface area contributed by atoms with Gasteiger partial charge in [-0.2, -0.15) is 0 Å². The van der Waals surface area contributed by atoms with Crippen molar-refractivity contribution in [2.75, 3.05) is 13.2 Å². The van der Waals surface area contributed by atoms with Crippen LogP contribution >= 0.6 is 11.6 Å². The number of amides is 1. The maximum atomic E-state index is 12.6. The molecule has 0 spiro atoms. The predicted molar refractivity (Wildman–Crippen MR) is 90.3 cm³/mol. The van der Waals surface area contributed by atoms with Crippen molar-refractivity contribution in [3.8, 4) is 5.75 Å². The Bertz CT molecular complexity index is 635. The minimum Gasteiger partial charge on any atom is -0.482 e. The van der Waals surface area contributed by atoms with E-state index in [1.54, 1.807) is 0 Å². The topological polar surface area (TPSA) is 72.7 Å². The molecule has 130 valence electrons. The van der Waals surface area contributed by atoms with Crippen molar-refractivity contribution in [2.45, 2.75) is 44.6 Å². The summed E-state index contributed by atoms with van der Waals surface area (Å²) in [5.41, 5.74) is -0.0974. The van der Waals surface area contributed by atoms with Crippen molar-refractivity contribution in [2.24, 2.45) is 5.92 Å². The van der Waals surface area contributed by atoms with Gasteiger partial charge in [-0.25, -0.2) is 0 Å². The molecule has 1 saturated heterocycles. The van der Waals surface area contributed by atoms with Gasteiger partial charge in [0.1, 0.15) is 5.75 Å². The molecule has 1 saturated carbocycles. The molecule has 0 radical (unpaired) electrons.